The van der Waals surface area contributed by atoms with Gasteiger partial charge in [0.1, 0.15) is 0 Å². The zero-order valence-electron chi connectivity index (χ0n) is 7.76. The van der Waals surface area contributed by atoms with E-state index in [-0.39, 0.29) is 0 Å². The number of halogens is 1. The lowest BCUT2D eigenvalue weighted by molar-refractivity contribution is 0.593. The van der Waals surface area contributed by atoms with Gasteiger partial charge in [-0.15, -0.1) is 0 Å². The summed E-state index contributed by atoms with van der Waals surface area (Å²) in [5.41, 5.74) is 1.44. The van der Waals surface area contributed by atoms with Crippen molar-refractivity contribution in [2.24, 2.45) is 0 Å². The first-order valence-corrected chi connectivity index (χ1v) is 5.56. The van der Waals surface area contributed by atoms with E-state index >= 15 is 0 Å². The van der Waals surface area contributed by atoms with Crippen LogP contribution in [-0.4, -0.2) is 12.6 Å². The van der Waals surface area contributed by atoms with E-state index in [2.05, 4.69) is 52.4 Å². The van der Waals surface area contributed by atoms with Gasteiger partial charge in [-0.05, 0) is 31.5 Å². The number of rotatable bonds is 1. The molecule has 1 N–H and O–H groups in total. The average Bonchev–Trinajstić information content (AvgIpc) is 2.52. The second kappa shape index (κ2) is 3.81. The van der Waals surface area contributed by atoms with Gasteiger partial charge in [0.25, 0.3) is 0 Å². The van der Waals surface area contributed by atoms with Gasteiger partial charge in [0.05, 0.1) is 0 Å². The Morgan fingerprint density at radius 2 is 2.15 bits per heavy atom. The molecule has 0 spiro atoms. The predicted octanol–water partition coefficient (Wildman–Crippen LogP) is 2.91. The van der Waals surface area contributed by atoms with E-state index in [1.807, 2.05) is 0 Å². The van der Waals surface area contributed by atoms with Gasteiger partial charge < -0.3 is 5.32 Å². The van der Waals surface area contributed by atoms with E-state index in [4.69, 9.17) is 0 Å². The van der Waals surface area contributed by atoms with Gasteiger partial charge in [0, 0.05) is 16.4 Å². The van der Waals surface area contributed by atoms with E-state index in [0.29, 0.717) is 12.0 Å². The van der Waals surface area contributed by atoms with E-state index in [9.17, 15) is 0 Å². The van der Waals surface area contributed by atoms with Crippen LogP contribution in [0.3, 0.4) is 0 Å². The maximum absolute atomic E-state index is 3.61. The van der Waals surface area contributed by atoms with Crippen molar-refractivity contribution in [1.29, 1.82) is 0 Å². The molecular formula is C11H14BrN. The normalized spacial score (nSPS) is 27.8. The lowest BCUT2D eigenvalue weighted by Crippen LogP contribution is -2.21. The van der Waals surface area contributed by atoms with Crippen molar-refractivity contribution >= 4 is 15.9 Å². The van der Waals surface area contributed by atoms with Gasteiger partial charge in [-0.3, -0.25) is 0 Å². The topological polar surface area (TPSA) is 12.0 Å². The van der Waals surface area contributed by atoms with Crippen molar-refractivity contribution in [2.75, 3.05) is 6.54 Å². The minimum atomic E-state index is 0.610. The van der Waals surface area contributed by atoms with Gasteiger partial charge in [0.15, 0.2) is 0 Å². The third-order valence-corrected chi connectivity index (χ3v) is 3.55. The summed E-state index contributed by atoms with van der Waals surface area (Å²) in [6, 6.07) is 9.14. The van der Waals surface area contributed by atoms with Crippen LogP contribution in [-0.2, 0) is 0 Å². The molecular weight excluding hydrogens is 226 g/mol. The molecule has 1 aliphatic rings. The first-order valence-electron chi connectivity index (χ1n) is 4.77. The van der Waals surface area contributed by atoms with Crippen LogP contribution in [0.25, 0.3) is 0 Å². The molecule has 1 aromatic rings. The van der Waals surface area contributed by atoms with E-state index in [1.54, 1.807) is 0 Å². The lowest BCUT2D eigenvalue weighted by atomic mass is 9.93. The van der Waals surface area contributed by atoms with Crippen LogP contribution in [0, 0.1) is 0 Å². The summed E-state index contributed by atoms with van der Waals surface area (Å²) in [5.74, 6) is 0.676. The minimum Gasteiger partial charge on any atom is -0.314 e. The molecule has 0 radical (unpaired) electrons. The molecule has 13 heavy (non-hydrogen) atoms. The number of benzene rings is 1. The Morgan fingerprint density at radius 3 is 2.77 bits per heavy atom. The molecule has 0 amide bonds. The molecule has 0 bridgehead atoms. The maximum atomic E-state index is 3.61. The fraction of sp³-hybridized carbons (Fsp3) is 0.455. The van der Waals surface area contributed by atoms with E-state index in [1.165, 1.54) is 16.5 Å². The monoisotopic (exact) mass is 239 g/mol. The molecule has 1 saturated heterocycles. The Hall–Kier alpha value is -0.340. The smallest absolute Gasteiger partial charge is 0.0210 e. The van der Waals surface area contributed by atoms with Crippen molar-refractivity contribution in [3.63, 3.8) is 0 Å². The van der Waals surface area contributed by atoms with Gasteiger partial charge >= 0.3 is 0 Å². The molecule has 0 aromatic heterocycles. The van der Waals surface area contributed by atoms with Crippen molar-refractivity contribution in [2.45, 2.75) is 25.3 Å². The zero-order chi connectivity index (χ0) is 9.26. The first-order chi connectivity index (χ1) is 6.29. The zero-order valence-corrected chi connectivity index (χ0v) is 9.34. The number of hydrogen-bond donors (Lipinski definition) is 1. The number of nitrogens with one attached hydrogen (secondary N) is 1. The summed E-state index contributed by atoms with van der Waals surface area (Å²) in [6.07, 6.45) is 1.25. The molecule has 1 nitrogen and oxygen atoms in total. The van der Waals surface area contributed by atoms with Crippen LogP contribution in [0.2, 0.25) is 0 Å². The van der Waals surface area contributed by atoms with Crippen molar-refractivity contribution in [1.82, 2.24) is 5.32 Å². The lowest BCUT2D eigenvalue weighted by Gasteiger charge is -2.16. The molecule has 0 aliphatic carbocycles. The molecule has 1 aliphatic heterocycles. The standard InChI is InChI=1S/C11H14BrN/c1-8-9(6-7-13-8)10-4-2-3-5-11(10)12/h2-5,8-9,13H,6-7H2,1H3. The predicted molar refractivity (Wildman–Crippen MR) is 59.0 cm³/mol. The molecule has 70 valence electrons. The second-order valence-corrected chi connectivity index (χ2v) is 4.51. The van der Waals surface area contributed by atoms with Crippen LogP contribution < -0.4 is 5.32 Å². The first kappa shape index (κ1) is 9.22. The van der Waals surface area contributed by atoms with Crippen LogP contribution in [0.1, 0.15) is 24.8 Å². The highest BCUT2D eigenvalue weighted by molar-refractivity contribution is 9.10. The summed E-state index contributed by atoms with van der Waals surface area (Å²) in [5, 5.41) is 3.47. The SMILES string of the molecule is CC1NCCC1c1ccccc1Br. The Balaban J connectivity index is 2.29. The summed E-state index contributed by atoms with van der Waals surface area (Å²) >= 11 is 3.61. The largest absolute Gasteiger partial charge is 0.314 e. The summed E-state index contributed by atoms with van der Waals surface area (Å²) in [7, 11) is 0. The fourth-order valence-corrected chi connectivity index (χ4v) is 2.64. The molecule has 1 aromatic carbocycles. The number of hydrogen-bond acceptors (Lipinski definition) is 1. The third-order valence-electron chi connectivity index (χ3n) is 2.83. The van der Waals surface area contributed by atoms with Crippen LogP contribution in [0.5, 0.6) is 0 Å². The Bertz CT molecular complexity index is 298. The summed E-state index contributed by atoms with van der Waals surface area (Å²) < 4.78 is 1.25. The molecule has 2 rings (SSSR count). The van der Waals surface area contributed by atoms with Crippen LogP contribution in [0.4, 0.5) is 0 Å². The third kappa shape index (κ3) is 1.79. The molecule has 0 saturated carbocycles. The highest BCUT2D eigenvalue weighted by Crippen LogP contribution is 2.32. The van der Waals surface area contributed by atoms with Gasteiger partial charge in [0.2, 0.25) is 0 Å². The molecule has 2 heteroatoms. The van der Waals surface area contributed by atoms with E-state index < -0.39 is 0 Å². The summed E-state index contributed by atoms with van der Waals surface area (Å²) in [6.45, 7) is 3.41. The minimum absolute atomic E-state index is 0.610. The van der Waals surface area contributed by atoms with Gasteiger partial charge in [-0.25, -0.2) is 0 Å². The Labute approximate surface area is 87.7 Å². The van der Waals surface area contributed by atoms with Crippen molar-refractivity contribution in [3.05, 3.63) is 34.3 Å². The quantitative estimate of drug-likeness (QED) is 0.795. The van der Waals surface area contributed by atoms with E-state index in [0.717, 1.165) is 6.54 Å². The fourth-order valence-electron chi connectivity index (χ4n) is 2.06. The van der Waals surface area contributed by atoms with Gasteiger partial charge in [-0.1, -0.05) is 34.1 Å². The van der Waals surface area contributed by atoms with Crippen LogP contribution in [0.15, 0.2) is 28.7 Å². The molecule has 1 heterocycles. The molecule has 1 fully saturated rings. The van der Waals surface area contributed by atoms with Gasteiger partial charge in [-0.2, -0.15) is 0 Å². The Morgan fingerprint density at radius 1 is 1.38 bits per heavy atom. The highest BCUT2D eigenvalue weighted by atomic mass is 79.9. The second-order valence-electron chi connectivity index (χ2n) is 3.66. The van der Waals surface area contributed by atoms with Crippen molar-refractivity contribution < 1.29 is 0 Å². The molecule has 2 atom stereocenters. The maximum Gasteiger partial charge on any atom is 0.0210 e. The Kier molecular flexibility index (Phi) is 2.70. The van der Waals surface area contributed by atoms with Crippen molar-refractivity contribution in [3.8, 4) is 0 Å². The average molecular weight is 240 g/mol. The highest BCUT2D eigenvalue weighted by Gasteiger charge is 2.25. The summed E-state index contributed by atoms with van der Waals surface area (Å²) in [4.78, 5) is 0. The molecule has 2 unspecified atom stereocenters. The van der Waals surface area contributed by atoms with Crippen LogP contribution >= 0.6 is 15.9 Å².